The minimum absolute atomic E-state index is 0.180. The van der Waals surface area contributed by atoms with Crippen molar-refractivity contribution in [2.45, 2.75) is 31.7 Å². The minimum atomic E-state index is -3.23. The van der Waals surface area contributed by atoms with Crippen molar-refractivity contribution in [1.82, 2.24) is 10.1 Å². The van der Waals surface area contributed by atoms with Crippen LogP contribution < -0.4 is 0 Å². The quantitative estimate of drug-likeness (QED) is 0.857. The molecular formula is C16H20N2O4S. The lowest BCUT2D eigenvalue weighted by molar-refractivity contribution is 0.0740. The smallest absolute Gasteiger partial charge is 0.259 e. The summed E-state index contributed by atoms with van der Waals surface area (Å²) in [5, 5.41) is 3.80. The molecule has 0 spiro atoms. The molecule has 0 bridgehead atoms. The molecule has 1 aromatic carbocycles. The number of hydrogen-bond donors (Lipinski definition) is 0. The lowest BCUT2D eigenvalue weighted by Crippen LogP contribution is -2.30. The first-order valence-corrected chi connectivity index (χ1v) is 9.02. The fourth-order valence-electron chi connectivity index (χ4n) is 2.36. The van der Waals surface area contributed by atoms with Crippen LogP contribution in [0.4, 0.5) is 0 Å². The molecular weight excluding hydrogens is 316 g/mol. The van der Waals surface area contributed by atoms with Gasteiger partial charge in [-0.2, -0.15) is 0 Å². The maximum Gasteiger partial charge on any atom is 0.259 e. The van der Waals surface area contributed by atoms with Crippen LogP contribution in [0.15, 0.2) is 33.7 Å². The Morgan fingerprint density at radius 2 is 1.78 bits per heavy atom. The second-order valence-corrected chi connectivity index (χ2v) is 7.65. The van der Waals surface area contributed by atoms with E-state index in [1.54, 1.807) is 50.1 Å². The number of carbonyl (C=O) groups is 1. The van der Waals surface area contributed by atoms with Gasteiger partial charge in [-0.25, -0.2) is 8.42 Å². The van der Waals surface area contributed by atoms with Crippen molar-refractivity contribution < 1.29 is 17.7 Å². The number of aromatic nitrogens is 1. The molecule has 2 aromatic rings. The molecule has 1 heterocycles. The van der Waals surface area contributed by atoms with Gasteiger partial charge in [0.2, 0.25) is 0 Å². The monoisotopic (exact) mass is 336 g/mol. The van der Waals surface area contributed by atoms with Crippen molar-refractivity contribution >= 4 is 15.7 Å². The SMILES string of the molecule is Cc1noc(C)c1C(=O)N(C)[C@H](C)c1ccc(S(C)(=O)=O)cc1. The van der Waals surface area contributed by atoms with E-state index >= 15 is 0 Å². The first-order valence-electron chi connectivity index (χ1n) is 7.13. The first kappa shape index (κ1) is 17.2. The van der Waals surface area contributed by atoms with Crippen LogP contribution in [-0.2, 0) is 9.84 Å². The Morgan fingerprint density at radius 1 is 1.22 bits per heavy atom. The van der Waals surface area contributed by atoms with Gasteiger partial charge in [0.15, 0.2) is 9.84 Å². The van der Waals surface area contributed by atoms with E-state index in [9.17, 15) is 13.2 Å². The van der Waals surface area contributed by atoms with E-state index in [2.05, 4.69) is 5.16 Å². The Bertz CT molecular complexity index is 803. The second-order valence-electron chi connectivity index (χ2n) is 5.63. The van der Waals surface area contributed by atoms with E-state index in [0.717, 1.165) is 5.56 Å². The number of rotatable bonds is 4. The Kier molecular flexibility index (Phi) is 4.61. The lowest BCUT2D eigenvalue weighted by Gasteiger charge is -2.25. The molecule has 0 saturated carbocycles. The van der Waals surface area contributed by atoms with Crippen LogP contribution in [0, 0.1) is 13.8 Å². The number of amides is 1. The molecule has 1 atom stereocenters. The third-order valence-electron chi connectivity index (χ3n) is 3.94. The molecule has 0 aliphatic heterocycles. The van der Waals surface area contributed by atoms with E-state index < -0.39 is 9.84 Å². The molecule has 0 aliphatic carbocycles. The molecule has 6 nitrogen and oxygen atoms in total. The molecule has 124 valence electrons. The highest BCUT2D eigenvalue weighted by atomic mass is 32.2. The topological polar surface area (TPSA) is 80.5 Å². The summed E-state index contributed by atoms with van der Waals surface area (Å²) in [6.07, 6.45) is 1.17. The van der Waals surface area contributed by atoms with Crippen molar-refractivity contribution in [2.75, 3.05) is 13.3 Å². The van der Waals surface area contributed by atoms with Gasteiger partial charge in [-0.1, -0.05) is 17.3 Å². The van der Waals surface area contributed by atoms with Gasteiger partial charge in [-0.15, -0.1) is 0 Å². The first-order chi connectivity index (χ1) is 10.6. The zero-order chi connectivity index (χ0) is 17.4. The van der Waals surface area contributed by atoms with Gasteiger partial charge in [0.25, 0.3) is 5.91 Å². The van der Waals surface area contributed by atoms with Crippen LogP contribution in [-0.4, -0.2) is 37.7 Å². The van der Waals surface area contributed by atoms with Crippen molar-refractivity contribution in [3.8, 4) is 0 Å². The van der Waals surface area contributed by atoms with Gasteiger partial charge in [0.1, 0.15) is 11.3 Å². The predicted octanol–water partition coefficient (Wildman–Crippen LogP) is 2.53. The summed E-state index contributed by atoms with van der Waals surface area (Å²) in [6, 6.07) is 6.32. The van der Waals surface area contributed by atoms with Crippen LogP contribution in [0.25, 0.3) is 0 Å². The summed E-state index contributed by atoms with van der Waals surface area (Å²) < 4.78 is 28.1. The maximum absolute atomic E-state index is 12.6. The highest BCUT2D eigenvalue weighted by molar-refractivity contribution is 7.90. The Hall–Kier alpha value is -2.15. The summed E-state index contributed by atoms with van der Waals surface area (Å²) in [4.78, 5) is 14.5. The molecule has 7 heteroatoms. The molecule has 0 aliphatic rings. The van der Waals surface area contributed by atoms with E-state index in [4.69, 9.17) is 4.52 Å². The number of benzene rings is 1. The second kappa shape index (κ2) is 6.16. The van der Waals surface area contributed by atoms with Gasteiger partial charge in [0, 0.05) is 13.3 Å². The van der Waals surface area contributed by atoms with Crippen LogP contribution in [0.1, 0.15) is 40.3 Å². The Labute approximate surface area is 136 Å². The van der Waals surface area contributed by atoms with Crippen LogP contribution in [0.3, 0.4) is 0 Å². The molecule has 1 amide bonds. The number of aryl methyl sites for hydroxylation is 2. The Balaban J connectivity index is 2.26. The number of carbonyl (C=O) groups excluding carboxylic acids is 1. The largest absolute Gasteiger partial charge is 0.361 e. The maximum atomic E-state index is 12.6. The molecule has 0 saturated heterocycles. The van der Waals surface area contributed by atoms with Crippen molar-refractivity contribution in [2.24, 2.45) is 0 Å². The van der Waals surface area contributed by atoms with Crippen molar-refractivity contribution in [1.29, 1.82) is 0 Å². The molecule has 0 fully saturated rings. The zero-order valence-corrected chi connectivity index (χ0v) is 14.6. The normalized spacial score (nSPS) is 12.9. The van der Waals surface area contributed by atoms with Gasteiger partial charge >= 0.3 is 0 Å². The summed E-state index contributed by atoms with van der Waals surface area (Å²) in [6.45, 7) is 5.31. The molecule has 0 unspecified atom stereocenters. The zero-order valence-electron chi connectivity index (χ0n) is 13.8. The number of sulfone groups is 1. The summed E-state index contributed by atoms with van der Waals surface area (Å²) >= 11 is 0. The molecule has 0 N–H and O–H groups in total. The summed E-state index contributed by atoms with van der Waals surface area (Å²) in [7, 11) is -1.53. The lowest BCUT2D eigenvalue weighted by atomic mass is 10.1. The van der Waals surface area contributed by atoms with Crippen molar-refractivity contribution in [3.05, 3.63) is 46.8 Å². The highest BCUT2D eigenvalue weighted by Gasteiger charge is 2.25. The van der Waals surface area contributed by atoms with E-state index in [1.165, 1.54) is 6.26 Å². The summed E-state index contributed by atoms with van der Waals surface area (Å²) in [5.41, 5.74) is 1.87. The standard InChI is InChI=1S/C16H20N2O4S/c1-10-15(12(3)22-17-10)16(19)18(4)11(2)13-6-8-14(9-7-13)23(5,20)21/h6-9,11H,1-5H3/t11-/m1/s1. The highest BCUT2D eigenvalue weighted by Crippen LogP contribution is 2.24. The molecule has 0 radical (unpaired) electrons. The van der Waals surface area contributed by atoms with Crippen LogP contribution in [0.5, 0.6) is 0 Å². The molecule has 1 aromatic heterocycles. The number of nitrogens with zero attached hydrogens (tertiary/aromatic N) is 2. The number of hydrogen-bond acceptors (Lipinski definition) is 5. The predicted molar refractivity (Wildman–Crippen MR) is 86.0 cm³/mol. The average molecular weight is 336 g/mol. The van der Waals surface area contributed by atoms with Gasteiger partial charge in [-0.05, 0) is 38.5 Å². The average Bonchev–Trinajstić information content (AvgIpc) is 2.83. The molecule has 2 rings (SSSR count). The van der Waals surface area contributed by atoms with Gasteiger partial charge in [0.05, 0.1) is 16.6 Å². The van der Waals surface area contributed by atoms with E-state index in [1.807, 2.05) is 6.92 Å². The third kappa shape index (κ3) is 3.44. The fourth-order valence-corrected chi connectivity index (χ4v) is 2.99. The van der Waals surface area contributed by atoms with Crippen LogP contribution >= 0.6 is 0 Å². The van der Waals surface area contributed by atoms with E-state index in [-0.39, 0.29) is 16.8 Å². The van der Waals surface area contributed by atoms with Gasteiger partial charge in [-0.3, -0.25) is 4.79 Å². The minimum Gasteiger partial charge on any atom is -0.361 e. The summed E-state index contributed by atoms with van der Waals surface area (Å²) in [5.74, 6) is 0.305. The van der Waals surface area contributed by atoms with E-state index in [0.29, 0.717) is 17.0 Å². The Morgan fingerprint density at radius 3 is 2.22 bits per heavy atom. The fraction of sp³-hybridized carbons (Fsp3) is 0.375. The van der Waals surface area contributed by atoms with Crippen LogP contribution in [0.2, 0.25) is 0 Å². The third-order valence-corrected chi connectivity index (χ3v) is 5.07. The van der Waals surface area contributed by atoms with Gasteiger partial charge < -0.3 is 9.42 Å². The van der Waals surface area contributed by atoms with Crippen molar-refractivity contribution in [3.63, 3.8) is 0 Å². The molecule has 23 heavy (non-hydrogen) atoms.